The average Bonchev–Trinajstić information content (AvgIpc) is 2.67. The molecule has 2 aromatic carbocycles. The Morgan fingerprint density at radius 2 is 1.81 bits per heavy atom. The van der Waals surface area contributed by atoms with Gasteiger partial charge in [-0.3, -0.25) is 9.69 Å². The summed E-state index contributed by atoms with van der Waals surface area (Å²) in [4.78, 5) is 16.2. The molecule has 146 valence electrons. The lowest BCUT2D eigenvalue weighted by atomic mass is 10.2. The highest BCUT2D eigenvalue weighted by Gasteiger charge is 2.21. The molecule has 0 aliphatic carbocycles. The Morgan fingerprint density at radius 1 is 1.11 bits per heavy atom. The Morgan fingerprint density at radius 3 is 2.48 bits per heavy atom. The Bertz CT molecular complexity index is 754. The Hall–Kier alpha value is -2.60. The van der Waals surface area contributed by atoms with Gasteiger partial charge in [0.05, 0.1) is 13.2 Å². The van der Waals surface area contributed by atoms with E-state index in [1.165, 1.54) is 12.1 Å². The van der Waals surface area contributed by atoms with Crippen molar-refractivity contribution in [3.63, 3.8) is 0 Å². The number of ether oxygens (including phenoxy) is 2. The normalized spacial score (nSPS) is 11.9. The second kappa shape index (κ2) is 9.92. The molecule has 27 heavy (non-hydrogen) atoms. The molecule has 2 rings (SSSR count). The van der Waals surface area contributed by atoms with Crippen LogP contribution in [-0.4, -0.2) is 56.1 Å². The summed E-state index contributed by atoms with van der Waals surface area (Å²) in [5.74, 6) is 1.03. The van der Waals surface area contributed by atoms with E-state index in [0.29, 0.717) is 31.2 Å². The number of halogens is 1. The molecule has 1 atom stereocenters. The number of likely N-dealkylation sites (N-methyl/N-ethyl adjacent to an activating group) is 2. The molecule has 6 heteroatoms. The van der Waals surface area contributed by atoms with Crippen molar-refractivity contribution in [3.8, 4) is 11.5 Å². The van der Waals surface area contributed by atoms with E-state index in [2.05, 4.69) is 0 Å². The number of para-hydroxylation sites is 2. The highest BCUT2D eigenvalue weighted by Crippen LogP contribution is 2.25. The number of nitrogens with zero attached hydrogens (tertiary/aromatic N) is 2. The van der Waals surface area contributed by atoms with E-state index in [9.17, 15) is 9.18 Å². The lowest BCUT2D eigenvalue weighted by Gasteiger charge is -2.28. The van der Waals surface area contributed by atoms with Crippen molar-refractivity contribution in [1.29, 1.82) is 0 Å². The topological polar surface area (TPSA) is 42.0 Å². The second-order valence-electron chi connectivity index (χ2n) is 6.48. The maximum atomic E-state index is 13.3. The van der Waals surface area contributed by atoms with E-state index in [-0.39, 0.29) is 17.8 Å². The van der Waals surface area contributed by atoms with Gasteiger partial charge in [0.1, 0.15) is 12.4 Å². The first-order valence-corrected chi connectivity index (χ1v) is 8.88. The molecular weight excluding hydrogens is 347 g/mol. The van der Waals surface area contributed by atoms with Crippen LogP contribution in [0.1, 0.15) is 12.5 Å². The van der Waals surface area contributed by atoms with Gasteiger partial charge in [-0.05, 0) is 43.8 Å². The lowest BCUT2D eigenvalue weighted by Crippen LogP contribution is -2.45. The fraction of sp³-hybridized carbons (Fsp3) is 0.381. The Kier molecular flexibility index (Phi) is 7.61. The molecular formula is C21H27FN2O3. The number of rotatable bonds is 9. The van der Waals surface area contributed by atoms with Gasteiger partial charge in [0.25, 0.3) is 0 Å². The zero-order valence-electron chi connectivity index (χ0n) is 16.3. The maximum absolute atomic E-state index is 13.3. The quantitative estimate of drug-likeness (QED) is 0.676. The number of hydrogen-bond donors (Lipinski definition) is 0. The van der Waals surface area contributed by atoms with Crippen molar-refractivity contribution in [3.05, 3.63) is 59.9 Å². The molecule has 0 aromatic heterocycles. The van der Waals surface area contributed by atoms with Crippen molar-refractivity contribution < 1.29 is 18.7 Å². The highest BCUT2D eigenvalue weighted by atomic mass is 19.1. The largest absolute Gasteiger partial charge is 0.493 e. The number of carbonyl (C=O) groups excluding carboxylic acids is 1. The number of benzene rings is 2. The summed E-state index contributed by atoms with van der Waals surface area (Å²) in [6.07, 6.45) is 0. The molecule has 0 heterocycles. The van der Waals surface area contributed by atoms with E-state index in [1.54, 1.807) is 25.1 Å². The molecule has 0 N–H and O–H groups in total. The number of methoxy groups -OCH3 is 1. The standard InChI is InChI=1S/C21H27FN2O3/c1-16(21(25)24(3)15-17-8-7-9-18(22)14-17)23(2)12-13-27-20-11-6-5-10-19(20)26-4/h5-11,14,16H,12-13,15H2,1-4H3. The van der Waals surface area contributed by atoms with Crippen molar-refractivity contribution in [1.82, 2.24) is 9.80 Å². The van der Waals surface area contributed by atoms with Gasteiger partial charge in [0, 0.05) is 20.1 Å². The van der Waals surface area contributed by atoms with Crippen LogP contribution in [0.15, 0.2) is 48.5 Å². The Labute approximate surface area is 160 Å². The molecule has 2 aromatic rings. The van der Waals surface area contributed by atoms with E-state index in [4.69, 9.17) is 9.47 Å². The summed E-state index contributed by atoms with van der Waals surface area (Å²) in [6.45, 7) is 3.24. The molecule has 1 unspecified atom stereocenters. The smallest absolute Gasteiger partial charge is 0.239 e. The van der Waals surface area contributed by atoms with Crippen LogP contribution in [-0.2, 0) is 11.3 Å². The number of hydrogen-bond acceptors (Lipinski definition) is 4. The lowest BCUT2D eigenvalue weighted by molar-refractivity contribution is -0.135. The van der Waals surface area contributed by atoms with Crippen LogP contribution < -0.4 is 9.47 Å². The fourth-order valence-corrected chi connectivity index (χ4v) is 2.73. The van der Waals surface area contributed by atoms with Crippen LogP contribution in [0.4, 0.5) is 4.39 Å². The number of amides is 1. The van der Waals surface area contributed by atoms with Crippen molar-refractivity contribution >= 4 is 5.91 Å². The number of carbonyl (C=O) groups is 1. The summed E-state index contributed by atoms with van der Waals surface area (Å²) >= 11 is 0. The van der Waals surface area contributed by atoms with E-state index < -0.39 is 0 Å². The fourth-order valence-electron chi connectivity index (χ4n) is 2.73. The zero-order chi connectivity index (χ0) is 19.8. The van der Waals surface area contributed by atoms with E-state index >= 15 is 0 Å². The van der Waals surface area contributed by atoms with E-state index in [1.807, 2.05) is 49.2 Å². The van der Waals surface area contributed by atoms with Crippen LogP contribution in [0.25, 0.3) is 0 Å². The minimum Gasteiger partial charge on any atom is -0.493 e. The average molecular weight is 374 g/mol. The summed E-state index contributed by atoms with van der Waals surface area (Å²) in [6, 6.07) is 13.4. The van der Waals surface area contributed by atoms with Gasteiger partial charge >= 0.3 is 0 Å². The minimum absolute atomic E-state index is 0.0287. The van der Waals surface area contributed by atoms with Crippen LogP contribution in [0, 0.1) is 5.82 Å². The van der Waals surface area contributed by atoms with Crippen LogP contribution in [0.3, 0.4) is 0 Å². The molecule has 0 spiro atoms. The molecule has 0 fully saturated rings. The highest BCUT2D eigenvalue weighted by molar-refractivity contribution is 5.81. The van der Waals surface area contributed by atoms with Crippen LogP contribution in [0.2, 0.25) is 0 Å². The zero-order valence-corrected chi connectivity index (χ0v) is 16.3. The van der Waals surface area contributed by atoms with Gasteiger partial charge in [-0.15, -0.1) is 0 Å². The van der Waals surface area contributed by atoms with Crippen LogP contribution >= 0.6 is 0 Å². The molecule has 1 amide bonds. The molecule has 0 aliphatic rings. The first-order chi connectivity index (χ1) is 12.9. The van der Waals surface area contributed by atoms with Gasteiger partial charge in [0.2, 0.25) is 5.91 Å². The molecule has 5 nitrogen and oxygen atoms in total. The SMILES string of the molecule is COc1ccccc1OCCN(C)C(C)C(=O)N(C)Cc1cccc(F)c1. The molecule has 0 saturated carbocycles. The summed E-state index contributed by atoms with van der Waals surface area (Å²) < 4.78 is 24.3. The predicted molar refractivity (Wildman–Crippen MR) is 103 cm³/mol. The Balaban J connectivity index is 1.84. The molecule has 0 radical (unpaired) electrons. The van der Waals surface area contributed by atoms with Crippen LogP contribution in [0.5, 0.6) is 11.5 Å². The second-order valence-corrected chi connectivity index (χ2v) is 6.48. The third kappa shape index (κ3) is 5.96. The van der Waals surface area contributed by atoms with Crippen molar-refractivity contribution in [2.75, 3.05) is 34.4 Å². The van der Waals surface area contributed by atoms with Gasteiger partial charge in [0.15, 0.2) is 11.5 Å². The predicted octanol–water partition coefficient (Wildman–Crippen LogP) is 3.19. The summed E-state index contributed by atoms with van der Waals surface area (Å²) in [5, 5.41) is 0. The first kappa shape index (κ1) is 20.7. The maximum Gasteiger partial charge on any atom is 0.239 e. The van der Waals surface area contributed by atoms with Gasteiger partial charge in [-0.2, -0.15) is 0 Å². The third-order valence-electron chi connectivity index (χ3n) is 4.47. The van der Waals surface area contributed by atoms with Gasteiger partial charge < -0.3 is 14.4 Å². The van der Waals surface area contributed by atoms with Gasteiger partial charge in [-0.25, -0.2) is 4.39 Å². The minimum atomic E-state index is -0.315. The summed E-state index contributed by atoms with van der Waals surface area (Å²) in [7, 11) is 5.20. The third-order valence-corrected chi connectivity index (χ3v) is 4.47. The molecule has 0 saturated heterocycles. The van der Waals surface area contributed by atoms with Crippen molar-refractivity contribution in [2.24, 2.45) is 0 Å². The molecule has 0 aliphatic heterocycles. The monoisotopic (exact) mass is 374 g/mol. The summed E-state index contributed by atoms with van der Waals surface area (Å²) in [5.41, 5.74) is 0.764. The first-order valence-electron chi connectivity index (χ1n) is 8.88. The van der Waals surface area contributed by atoms with Gasteiger partial charge in [-0.1, -0.05) is 24.3 Å². The molecule has 0 bridgehead atoms. The van der Waals surface area contributed by atoms with Crippen molar-refractivity contribution in [2.45, 2.75) is 19.5 Å². The van der Waals surface area contributed by atoms with E-state index in [0.717, 1.165) is 5.56 Å².